The summed E-state index contributed by atoms with van der Waals surface area (Å²) in [5.41, 5.74) is 1.20. The third-order valence-corrected chi connectivity index (χ3v) is 3.05. The van der Waals surface area contributed by atoms with Crippen LogP contribution in [0.1, 0.15) is 40.2 Å². The van der Waals surface area contributed by atoms with E-state index in [4.69, 9.17) is 9.47 Å². The predicted molar refractivity (Wildman–Crippen MR) is 112 cm³/mol. The van der Waals surface area contributed by atoms with E-state index in [0.717, 1.165) is 37.0 Å². The summed E-state index contributed by atoms with van der Waals surface area (Å²) in [6.07, 6.45) is 0.862. The van der Waals surface area contributed by atoms with Gasteiger partial charge in [-0.05, 0) is 58.7 Å². The lowest BCUT2D eigenvalue weighted by Crippen LogP contribution is -2.41. The van der Waals surface area contributed by atoms with Crippen molar-refractivity contribution in [2.24, 2.45) is 4.99 Å². The Morgan fingerprint density at radius 1 is 1.08 bits per heavy atom. The van der Waals surface area contributed by atoms with Gasteiger partial charge in [0.15, 0.2) is 17.5 Å². The van der Waals surface area contributed by atoms with Gasteiger partial charge in [0.25, 0.3) is 0 Å². The third-order valence-electron chi connectivity index (χ3n) is 3.05. The minimum Gasteiger partial charge on any atom is -0.490 e. The zero-order valence-electron chi connectivity index (χ0n) is 15.5. The smallest absolute Gasteiger partial charge is 0.191 e. The quantitative estimate of drug-likeness (QED) is 0.344. The molecule has 24 heavy (non-hydrogen) atoms. The van der Waals surface area contributed by atoms with Crippen LogP contribution in [0.25, 0.3) is 0 Å². The number of nitrogens with one attached hydrogen (secondary N) is 2. The van der Waals surface area contributed by atoms with Crippen LogP contribution in [0.15, 0.2) is 23.2 Å². The van der Waals surface area contributed by atoms with Gasteiger partial charge in [-0.3, -0.25) is 4.99 Å². The largest absolute Gasteiger partial charge is 0.490 e. The first-order chi connectivity index (χ1) is 11.1. The first-order valence-electron chi connectivity index (χ1n) is 8.54. The van der Waals surface area contributed by atoms with Gasteiger partial charge >= 0.3 is 0 Å². The lowest BCUT2D eigenvalue weighted by atomic mass is 10.1. The molecule has 0 aliphatic heterocycles. The van der Waals surface area contributed by atoms with E-state index in [-0.39, 0.29) is 24.0 Å². The van der Waals surface area contributed by atoms with Crippen molar-refractivity contribution in [2.45, 2.75) is 47.1 Å². The van der Waals surface area contributed by atoms with Crippen molar-refractivity contribution in [1.82, 2.24) is 10.6 Å². The predicted octanol–water partition coefficient (Wildman–Crippen LogP) is 3.61. The SMILES string of the molecule is CCNC(=NCCc1ccc(OCC)c(OCC)c1)NC(C)C.I. The molecular formula is C18H32IN3O2. The van der Waals surface area contributed by atoms with Crippen LogP contribution < -0.4 is 20.1 Å². The van der Waals surface area contributed by atoms with E-state index >= 15 is 0 Å². The molecule has 0 spiro atoms. The zero-order chi connectivity index (χ0) is 17.1. The summed E-state index contributed by atoms with van der Waals surface area (Å²) in [5, 5.41) is 6.57. The number of ether oxygens (including phenoxy) is 2. The number of nitrogens with zero attached hydrogens (tertiary/aromatic N) is 1. The van der Waals surface area contributed by atoms with Crippen molar-refractivity contribution in [3.63, 3.8) is 0 Å². The van der Waals surface area contributed by atoms with Gasteiger partial charge in [-0.1, -0.05) is 6.07 Å². The van der Waals surface area contributed by atoms with E-state index in [0.29, 0.717) is 19.3 Å². The van der Waals surface area contributed by atoms with Crippen molar-refractivity contribution in [3.8, 4) is 11.5 Å². The Morgan fingerprint density at radius 3 is 2.33 bits per heavy atom. The molecule has 5 nitrogen and oxygen atoms in total. The minimum atomic E-state index is 0. The van der Waals surface area contributed by atoms with E-state index in [1.54, 1.807) is 0 Å². The molecule has 0 unspecified atom stereocenters. The normalized spacial score (nSPS) is 11.0. The first kappa shape index (κ1) is 22.8. The van der Waals surface area contributed by atoms with Gasteiger partial charge in [-0.2, -0.15) is 0 Å². The lowest BCUT2D eigenvalue weighted by molar-refractivity contribution is 0.287. The zero-order valence-corrected chi connectivity index (χ0v) is 17.8. The molecular weight excluding hydrogens is 417 g/mol. The van der Waals surface area contributed by atoms with Crippen molar-refractivity contribution in [3.05, 3.63) is 23.8 Å². The number of hydrogen-bond donors (Lipinski definition) is 2. The molecule has 0 fully saturated rings. The first-order valence-corrected chi connectivity index (χ1v) is 8.54. The summed E-state index contributed by atoms with van der Waals surface area (Å²) in [7, 11) is 0. The second kappa shape index (κ2) is 13.1. The molecule has 6 heteroatoms. The Bertz CT molecular complexity index is 493. The summed E-state index contributed by atoms with van der Waals surface area (Å²) >= 11 is 0. The number of benzene rings is 1. The third kappa shape index (κ3) is 8.61. The van der Waals surface area contributed by atoms with Crippen molar-refractivity contribution >= 4 is 29.9 Å². The lowest BCUT2D eigenvalue weighted by Gasteiger charge is -2.14. The van der Waals surface area contributed by atoms with Crippen LogP contribution >= 0.6 is 24.0 Å². The highest BCUT2D eigenvalue weighted by atomic mass is 127. The molecule has 0 amide bonds. The van der Waals surface area contributed by atoms with E-state index in [9.17, 15) is 0 Å². The highest BCUT2D eigenvalue weighted by Crippen LogP contribution is 2.28. The van der Waals surface area contributed by atoms with Crippen molar-refractivity contribution in [1.29, 1.82) is 0 Å². The molecule has 2 N–H and O–H groups in total. The fourth-order valence-electron chi connectivity index (χ4n) is 2.14. The molecule has 0 aliphatic rings. The summed E-state index contributed by atoms with van der Waals surface area (Å²) in [4.78, 5) is 4.61. The Kier molecular flexibility index (Phi) is 12.5. The highest BCUT2D eigenvalue weighted by Gasteiger charge is 2.06. The second-order valence-corrected chi connectivity index (χ2v) is 5.46. The topological polar surface area (TPSA) is 54.9 Å². The summed E-state index contributed by atoms with van der Waals surface area (Å²) in [5.74, 6) is 2.47. The van der Waals surface area contributed by atoms with Gasteiger partial charge in [-0.25, -0.2) is 0 Å². The van der Waals surface area contributed by atoms with E-state index < -0.39 is 0 Å². The van der Waals surface area contributed by atoms with Crippen molar-refractivity contribution in [2.75, 3.05) is 26.3 Å². The van der Waals surface area contributed by atoms with E-state index in [1.165, 1.54) is 5.56 Å². The van der Waals surface area contributed by atoms with Gasteiger partial charge < -0.3 is 20.1 Å². The number of halogens is 1. The molecule has 0 aliphatic carbocycles. The maximum absolute atomic E-state index is 5.66. The van der Waals surface area contributed by atoms with E-state index in [1.807, 2.05) is 26.0 Å². The van der Waals surface area contributed by atoms with Gasteiger partial charge in [0.1, 0.15) is 0 Å². The summed E-state index contributed by atoms with van der Waals surface area (Å²) in [6, 6.07) is 6.46. The Labute approximate surface area is 163 Å². The molecule has 0 saturated heterocycles. The maximum atomic E-state index is 5.66. The van der Waals surface area contributed by atoms with Crippen LogP contribution in [0, 0.1) is 0 Å². The highest BCUT2D eigenvalue weighted by molar-refractivity contribution is 14.0. The average molecular weight is 449 g/mol. The standard InChI is InChI=1S/C18H31N3O2.HI/c1-6-19-18(21-14(4)5)20-12-11-15-9-10-16(22-7-2)17(13-15)23-8-3;/h9-10,13-14H,6-8,11-12H2,1-5H3,(H2,19,20,21);1H. The monoisotopic (exact) mass is 449 g/mol. The van der Waals surface area contributed by atoms with Crippen molar-refractivity contribution < 1.29 is 9.47 Å². The molecule has 1 aromatic carbocycles. The Morgan fingerprint density at radius 2 is 1.75 bits per heavy atom. The van der Waals surface area contributed by atoms with Crippen LogP contribution in [0.3, 0.4) is 0 Å². The molecule has 0 atom stereocenters. The summed E-state index contributed by atoms with van der Waals surface area (Å²) in [6.45, 7) is 13.1. The molecule has 0 bridgehead atoms. The molecule has 0 radical (unpaired) electrons. The number of hydrogen-bond acceptors (Lipinski definition) is 3. The molecule has 0 heterocycles. The number of rotatable bonds is 9. The Balaban J connectivity index is 0.00000529. The summed E-state index contributed by atoms with van der Waals surface area (Å²) < 4.78 is 11.3. The van der Waals surface area contributed by atoms with Crippen LogP contribution in [-0.2, 0) is 6.42 Å². The second-order valence-electron chi connectivity index (χ2n) is 5.46. The van der Waals surface area contributed by atoms with Crippen LogP contribution in [0.2, 0.25) is 0 Å². The van der Waals surface area contributed by atoms with Gasteiger partial charge in [0.2, 0.25) is 0 Å². The van der Waals surface area contributed by atoms with Gasteiger partial charge in [-0.15, -0.1) is 24.0 Å². The van der Waals surface area contributed by atoms with Gasteiger partial charge in [0.05, 0.1) is 13.2 Å². The van der Waals surface area contributed by atoms with Crippen LogP contribution in [0.4, 0.5) is 0 Å². The number of guanidine groups is 1. The van der Waals surface area contributed by atoms with Crippen LogP contribution in [-0.4, -0.2) is 38.3 Å². The Hall–Kier alpha value is -1.18. The molecule has 0 saturated carbocycles. The molecule has 0 aromatic heterocycles. The maximum Gasteiger partial charge on any atom is 0.191 e. The fourth-order valence-corrected chi connectivity index (χ4v) is 2.14. The molecule has 1 rings (SSSR count). The molecule has 138 valence electrons. The number of aliphatic imine (C=N–C) groups is 1. The molecule has 1 aromatic rings. The fraction of sp³-hybridized carbons (Fsp3) is 0.611. The minimum absolute atomic E-state index is 0. The van der Waals surface area contributed by atoms with Gasteiger partial charge in [0, 0.05) is 19.1 Å². The van der Waals surface area contributed by atoms with E-state index in [2.05, 4.69) is 42.5 Å². The van der Waals surface area contributed by atoms with Crippen LogP contribution in [0.5, 0.6) is 11.5 Å². The average Bonchev–Trinajstić information content (AvgIpc) is 2.50.